The highest BCUT2D eigenvalue weighted by atomic mass is 32.1. The summed E-state index contributed by atoms with van der Waals surface area (Å²) in [6.45, 7) is 0. The molecule has 0 fully saturated rings. The van der Waals surface area contributed by atoms with E-state index in [9.17, 15) is 9.59 Å². The van der Waals surface area contributed by atoms with E-state index in [0.717, 1.165) is 11.3 Å². The van der Waals surface area contributed by atoms with Crippen molar-refractivity contribution in [2.45, 2.75) is 0 Å². The highest BCUT2D eigenvalue weighted by molar-refractivity contribution is 7.80. The molecule has 0 saturated carbocycles. The number of amides is 2. The predicted octanol–water partition coefficient (Wildman–Crippen LogP) is 2.32. The lowest BCUT2D eigenvalue weighted by Gasteiger charge is -2.08. The smallest absolute Gasteiger partial charge is 0.250 e. The number of hydrogen-bond acceptors (Lipinski definition) is 4. The van der Waals surface area contributed by atoms with Gasteiger partial charge in [-0.25, -0.2) is 0 Å². The molecule has 0 aliphatic rings. The quantitative estimate of drug-likeness (QED) is 0.565. The second kappa shape index (κ2) is 8.60. The van der Waals surface area contributed by atoms with Gasteiger partial charge in [0, 0.05) is 17.3 Å². The largest absolute Gasteiger partial charge is 0.497 e. The number of carbonyl (C=O) groups excluding carboxylic acids is 2. The number of benzene rings is 2. The van der Waals surface area contributed by atoms with Crippen LogP contribution in [0.2, 0.25) is 0 Å². The Morgan fingerprint density at radius 2 is 1.72 bits per heavy atom. The molecule has 128 valence electrons. The minimum absolute atomic E-state index is 0.149. The number of rotatable bonds is 5. The molecule has 0 radical (unpaired) electrons. The predicted molar refractivity (Wildman–Crippen MR) is 101 cm³/mol. The van der Waals surface area contributed by atoms with Gasteiger partial charge in [-0.1, -0.05) is 12.1 Å². The minimum atomic E-state index is -0.508. The van der Waals surface area contributed by atoms with Crippen molar-refractivity contribution in [2.24, 2.45) is 5.73 Å². The van der Waals surface area contributed by atoms with Gasteiger partial charge in [0.15, 0.2) is 5.11 Å². The zero-order valence-corrected chi connectivity index (χ0v) is 14.3. The van der Waals surface area contributed by atoms with E-state index in [2.05, 4.69) is 10.6 Å². The van der Waals surface area contributed by atoms with Crippen LogP contribution in [0.1, 0.15) is 15.9 Å². The molecule has 0 atom stereocenters. The standard InChI is InChI=1S/C18H17N3O3S/c1-24-15-9-2-12(3-10-15)4-11-16(22)21-18(25)20-14-7-5-13(6-8-14)17(19)23/h2-11H,1H3,(H2,19,23)(H2,20,21,22,25)/b11-4+. The van der Waals surface area contributed by atoms with Crippen molar-refractivity contribution in [1.82, 2.24) is 5.32 Å². The molecule has 0 aliphatic carbocycles. The van der Waals surface area contributed by atoms with Crippen molar-refractivity contribution in [2.75, 3.05) is 12.4 Å². The number of methoxy groups -OCH3 is 1. The van der Waals surface area contributed by atoms with Gasteiger partial charge >= 0.3 is 0 Å². The maximum atomic E-state index is 11.9. The average molecular weight is 355 g/mol. The second-order valence-corrected chi connectivity index (χ2v) is 5.40. The fraction of sp³-hybridized carbons (Fsp3) is 0.0556. The third kappa shape index (κ3) is 5.74. The van der Waals surface area contributed by atoms with E-state index in [1.54, 1.807) is 49.6 Å². The lowest BCUT2D eigenvalue weighted by Crippen LogP contribution is -2.32. The Morgan fingerprint density at radius 3 is 2.28 bits per heavy atom. The summed E-state index contributed by atoms with van der Waals surface area (Å²) >= 11 is 5.08. The summed E-state index contributed by atoms with van der Waals surface area (Å²) < 4.78 is 5.07. The number of ether oxygens (including phenoxy) is 1. The van der Waals surface area contributed by atoms with E-state index in [4.69, 9.17) is 22.7 Å². The minimum Gasteiger partial charge on any atom is -0.497 e. The number of nitrogens with one attached hydrogen (secondary N) is 2. The molecule has 2 aromatic carbocycles. The molecule has 0 bridgehead atoms. The monoisotopic (exact) mass is 355 g/mol. The molecule has 2 amide bonds. The maximum Gasteiger partial charge on any atom is 0.250 e. The first-order chi connectivity index (χ1) is 12.0. The lowest BCUT2D eigenvalue weighted by atomic mass is 10.2. The molecule has 6 nitrogen and oxygen atoms in total. The topological polar surface area (TPSA) is 93.4 Å². The van der Waals surface area contributed by atoms with Crippen LogP contribution in [0.4, 0.5) is 5.69 Å². The molecule has 7 heteroatoms. The molecule has 0 saturated heterocycles. The summed E-state index contributed by atoms with van der Waals surface area (Å²) in [5.41, 5.74) is 7.06. The third-order valence-corrected chi connectivity index (χ3v) is 3.41. The Labute approximate surface area is 150 Å². The molecular formula is C18H17N3O3S. The van der Waals surface area contributed by atoms with Crippen LogP contribution in [0.25, 0.3) is 6.08 Å². The summed E-state index contributed by atoms with van der Waals surface area (Å²) in [5, 5.41) is 5.54. The Kier molecular flexibility index (Phi) is 6.25. The average Bonchev–Trinajstić information content (AvgIpc) is 2.60. The summed E-state index contributed by atoms with van der Waals surface area (Å²) in [4.78, 5) is 22.9. The van der Waals surface area contributed by atoms with Crippen LogP contribution in [0.5, 0.6) is 5.75 Å². The van der Waals surface area contributed by atoms with Crippen LogP contribution >= 0.6 is 12.2 Å². The fourth-order valence-corrected chi connectivity index (χ4v) is 2.14. The van der Waals surface area contributed by atoms with Gasteiger partial charge in [0.05, 0.1) is 7.11 Å². The van der Waals surface area contributed by atoms with Gasteiger partial charge in [0.2, 0.25) is 11.8 Å². The maximum absolute atomic E-state index is 11.9. The molecule has 0 aliphatic heterocycles. The van der Waals surface area contributed by atoms with E-state index in [1.165, 1.54) is 6.08 Å². The highest BCUT2D eigenvalue weighted by Gasteiger charge is 2.03. The van der Waals surface area contributed by atoms with Crippen LogP contribution in [0.3, 0.4) is 0 Å². The van der Waals surface area contributed by atoms with E-state index < -0.39 is 5.91 Å². The fourth-order valence-electron chi connectivity index (χ4n) is 1.92. The number of hydrogen-bond donors (Lipinski definition) is 3. The van der Waals surface area contributed by atoms with Gasteiger partial charge < -0.3 is 15.8 Å². The van der Waals surface area contributed by atoms with Crippen molar-refractivity contribution >= 4 is 40.9 Å². The number of nitrogens with two attached hydrogens (primary N) is 1. The van der Waals surface area contributed by atoms with Gasteiger partial charge in [0.25, 0.3) is 0 Å². The molecule has 0 aromatic heterocycles. The third-order valence-electron chi connectivity index (χ3n) is 3.21. The second-order valence-electron chi connectivity index (χ2n) is 4.99. The zero-order chi connectivity index (χ0) is 18.2. The first kappa shape index (κ1) is 18.2. The van der Waals surface area contributed by atoms with Crippen LogP contribution in [0, 0.1) is 0 Å². The molecule has 0 unspecified atom stereocenters. The normalized spacial score (nSPS) is 10.3. The van der Waals surface area contributed by atoms with Crippen molar-refractivity contribution in [3.05, 3.63) is 65.7 Å². The molecule has 4 N–H and O–H groups in total. The summed E-state index contributed by atoms with van der Waals surface area (Å²) in [6, 6.07) is 13.7. The van der Waals surface area contributed by atoms with Crippen LogP contribution in [-0.2, 0) is 4.79 Å². The SMILES string of the molecule is COc1ccc(/C=C/C(=O)NC(=S)Nc2ccc(C(N)=O)cc2)cc1. The molecule has 0 heterocycles. The van der Waals surface area contributed by atoms with E-state index in [-0.39, 0.29) is 11.0 Å². The van der Waals surface area contributed by atoms with Crippen LogP contribution in [0.15, 0.2) is 54.6 Å². The first-order valence-electron chi connectivity index (χ1n) is 7.32. The van der Waals surface area contributed by atoms with E-state index in [1.807, 2.05) is 12.1 Å². The summed E-state index contributed by atoms with van der Waals surface area (Å²) in [7, 11) is 1.59. The van der Waals surface area contributed by atoms with Crippen molar-refractivity contribution in [3.63, 3.8) is 0 Å². The van der Waals surface area contributed by atoms with E-state index >= 15 is 0 Å². The molecule has 2 aromatic rings. The van der Waals surface area contributed by atoms with Crippen molar-refractivity contribution < 1.29 is 14.3 Å². The summed E-state index contributed by atoms with van der Waals surface area (Å²) in [6.07, 6.45) is 3.05. The highest BCUT2D eigenvalue weighted by Crippen LogP contribution is 2.12. The number of anilines is 1. The lowest BCUT2D eigenvalue weighted by molar-refractivity contribution is -0.115. The number of thiocarbonyl (C=S) groups is 1. The molecule has 25 heavy (non-hydrogen) atoms. The van der Waals surface area contributed by atoms with Crippen molar-refractivity contribution in [3.8, 4) is 5.75 Å². The Hall–Kier alpha value is -3.19. The Morgan fingerprint density at radius 1 is 1.08 bits per heavy atom. The van der Waals surface area contributed by atoms with Gasteiger partial charge in [-0.05, 0) is 60.3 Å². The molecule has 2 rings (SSSR count). The number of carbonyl (C=O) groups is 2. The summed E-state index contributed by atoms with van der Waals surface area (Å²) in [5.74, 6) is -0.123. The Bertz CT molecular complexity index is 799. The van der Waals surface area contributed by atoms with Crippen LogP contribution in [-0.4, -0.2) is 24.0 Å². The Balaban J connectivity index is 1.87. The van der Waals surface area contributed by atoms with Gasteiger partial charge in [-0.15, -0.1) is 0 Å². The molecular weight excluding hydrogens is 338 g/mol. The van der Waals surface area contributed by atoms with Crippen LogP contribution < -0.4 is 21.1 Å². The van der Waals surface area contributed by atoms with Crippen molar-refractivity contribution in [1.29, 1.82) is 0 Å². The van der Waals surface area contributed by atoms with Gasteiger partial charge in [0.1, 0.15) is 5.75 Å². The van der Waals surface area contributed by atoms with Gasteiger partial charge in [-0.2, -0.15) is 0 Å². The number of primary amides is 1. The van der Waals surface area contributed by atoms with E-state index in [0.29, 0.717) is 11.3 Å². The zero-order valence-electron chi connectivity index (χ0n) is 13.5. The molecule has 0 spiro atoms. The van der Waals surface area contributed by atoms with Gasteiger partial charge in [-0.3, -0.25) is 14.9 Å². The first-order valence-corrected chi connectivity index (χ1v) is 7.73.